The number of carbonyl (C=O) groups excluding carboxylic acids is 1. The number of hydrogen-bond donors (Lipinski definition) is 1. The van der Waals surface area contributed by atoms with Crippen molar-refractivity contribution in [1.82, 2.24) is 0 Å². The summed E-state index contributed by atoms with van der Waals surface area (Å²) in [6.45, 7) is 8.45. The molecule has 106 valence electrons. The van der Waals surface area contributed by atoms with E-state index in [1.54, 1.807) is 6.08 Å². The van der Waals surface area contributed by atoms with E-state index >= 15 is 0 Å². The van der Waals surface area contributed by atoms with Crippen LogP contribution in [-0.4, -0.2) is 16.9 Å². The van der Waals surface area contributed by atoms with E-state index in [0.29, 0.717) is 12.3 Å². The van der Waals surface area contributed by atoms with Crippen molar-refractivity contribution in [3.05, 3.63) is 11.6 Å². The molecule has 2 aliphatic carbocycles. The standard InChI is InChI=1S/C16H24O3/c1-10-5-6-15(3)11(2)7-12(17)8-13(15)16(10,4)9-14(18)19/h7,10,13H,5-6,8-9H2,1-4H3,(H,18,19). The van der Waals surface area contributed by atoms with Gasteiger partial charge in [-0.25, -0.2) is 0 Å². The van der Waals surface area contributed by atoms with E-state index in [1.807, 2.05) is 6.92 Å². The van der Waals surface area contributed by atoms with Crippen molar-refractivity contribution in [2.24, 2.45) is 22.7 Å². The molecule has 3 nitrogen and oxygen atoms in total. The first-order valence-electron chi connectivity index (χ1n) is 7.13. The number of allylic oxidation sites excluding steroid dienone is 2. The smallest absolute Gasteiger partial charge is 0.303 e. The summed E-state index contributed by atoms with van der Waals surface area (Å²) in [6.07, 6.45) is 4.53. The maximum atomic E-state index is 11.9. The Morgan fingerprint density at radius 2 is 2.11 bits per heavy atom. The van der Waals surface area contributed by atoms with Gasteiger partial charge in [0, 0.05) is 6.42 Å². The number of carboxylic acid groups (broad SMARTS) is 1. The zero-order chi connectivity index (χ0) is 14.4. The third-order valence-corrected chi connectivity index (χ3v) is 6.00. The summed E-state index contributed by atoms with van der Waals surface area (Å²) in [5.41, 5.74) is 0.839. The predicted octanol–water partition coefficient (Wildman–Crippen LogP) is 3.44. The molecule has 2 aliphatic rings. The van der Waals surface area contributed by atoms with Gasteiger partial charge in [-0.2, -0.15) is 0 Å². The fraction of sp³-hybridized carbons (Fsp3) is 0.750. The van der Waals surface area contributed by atoms with Gasteiger partial charge in [-0.1, -0.05) is 26.3 Å². The van der Waals surface area contributed by atoms with Crippen molar-refractivity contribution in [2.45, 2.75) is 53.4 Å². The normalized spacial score (nSPS) is 42.5. The van der Waals surface area contributed by atoms with Crippen LogP contribution in [0.4, 0.5) is 0 Å². The summed E-state index contributed by atoms with van der Waals surface area (Å²) >= 11 is 0. The van der Waals surface area contributed by atoms with Crippen LogP contribution in [0.1, 0.15) is 53.4 Å². The second-order valence-corrected chi connectivity index (χ2v) is 6.98. The maximum Gasteiger partial charge on any atom is 0.303 e. The average Bonchev–Trinajstić information content (AvgIpc) is 2.28. The number of fused-ring (bicyclic) bond motifs is 1. The van der Waals surface area contributed by atoms with E-state index in [0.717, 1.165) is 18.4 Å². The van der Waals surface area contributed by atoms with E-state index < -0.39 is 5.97 Å². The zero-order valence-corrected chi connectivity index (χ0v) is 12.3. The van der Waals surface area contributed by atoms with Crippen LogP contribution in [0.15, 0.2) is 11.6 Å². The Morgan fingerprint density at radius 3 is 2.68 bits per heavy atom. The van der Waals surface area contributed by atoms with Gasteiger partial charge in [0.15, 0.2) is 5.78 Å². The minimum atomic E-state index is -0.752. The molecule has 4 unspecified atom stereocenters. The van der Waals surface area contributed by atoms with Crippen LogP contribution in [-0.2, 0) is 9.59 Å². The molecule has 1 N–H and O–H groups in total. The SMILES string of the molecule is CC1=CC(=O)CC2C1(C)CCC(C)C2(C)CC(=O)O. The second-order valence-electron chi connectivity index (χ2n) is 6.98. The van der Waals surface area contributed by atoms with Crippen LogP contribution in [0.2, 0.25) is 0 Å². The van der Waals surface area contributed by atoms with Gasteiger partial charge < -0.3 is 5.11 Å². The Morgan fingerprint density at radius 1 is 1.47 bits per heavy atom. The van der Waals surface area contributed by atoms with Gasteiger partial charge in [0.1, 0.15) is 0 Å². The maximum absolute atomic E-state index is 11.9. The molecule has 0 heterocycles. The van der Waals surface area contributed by atoms with Crippen LogP contribution >= 0.6 is 0 Å². The van der Waals surface area contributed by atoms with E-state index in [-0.39, 0.29) is 29.0 Å². The average molecular weight is 264 g/mol. The summed E-state index contributed by atoms with van der Waals surface area (Å²) in [7, 11) is 0. The third-order valence-electron chi connectivity index (χ3n) is 6.00. The molecule has 2 rings (SSSR count). The summed E-state index contributed by atoms with van der Waals surface area (Å²) in [5, 5.41) is 9.26. The van der Waals surface area contributed by atoms with E-state index in [1.165, 1.54) is 0 Å². The van der Waals surface area contributed by atoms with E-state index in [4.69, 9.17) is 0 Å². The first kappa shape index (κ1) is 14.3. The molecule has 0 aromatic carbocycles. The van der Waals surface area contributed by atoms with Crippen molar-refractivity contribution in [3.63, 3.8) is 0 Å². The lowest BCUT2D eigenvalue weighted by molar-refractivity contribution is -0.147. The van der Waals surface area contributed by atoms with Crippen molar-refractivity contribution in [3.8, 4) is 0 Å². The van der Waals surface area contributed by atoms with Crippen LogP contribution < -0.4 is 0 Å². The number of rotatable bonds is 2. The predicted molar refractivity (Wildman–Crippen MR) is 73.7 cm³/mol. The first-order valence-corrected chi connectivity index (χ1v) is 7.13. The number of aliphatic carboxylic acids is 1. The molecule has 1 saturated carbocycles. The largest absolute Gasteiger partial charge is 0.481 e. The topological polar surface area (TPSA) is 54.4 Å². The van der Waals surface area contributed by atoms with Gasteiger partial charge >= 0.3 is 5.97 Å². The number of ketones is 1. The van der Waals surface area contributed by atoms with E-state index in [2.05, 4.69) is 20.8 Å². The van der Waals surface area contributed by atoms with Crippen LogP contribution in [0, 0.1) is 22.7 Å². The molecule has 3 heteroatoms. The van der Waals surface area contributed by atoms with Crippen LogP contribution in [0.3, 0.4) is 0 Å². The minimum absolute atomic E-state index is 0.00931. The van der Waals surface area contributed by atoms with Crippen LogP contribution in [0.25, 0.3) is 0 Å². The fourth-order valence-corrected chi connectivity index (χ4v) is 4.31. The summed E-state index contributed by atoms with van der Waals surface area (Å²) in [6, 6.07) is 0. The lowest BCUT2D eigenvalue weighted by Gasteiger charge is -2.57. The van der Waals surface area contributed by atoms with Crippen molar-refractivity contribution >= 4 is 11.8 Å². The molecule has 0 spiro atoms. The Labute approximate surface area is 115 Å². The highest BCUT2D eigenvalue weighted by molar-refractivity contribution is 5.92. The highest BCUT2D eigenvalue weighted by atomic mass is 16.4. The summed E-state index contributed by atoms with van der Waals surface area (Å²) < 4.78 is 0. The zero-order valence-electron chi connectivity index (χ0n) is 12.3. The van der Waals surface area contributed by atoms with Gasteiger partial charge in [-0.3, -0.25) is 9.59 Å². The third kappa shape index (κ3) is 2.13. The molecule has 0 aromatic rings. The molecule has 0 radical (unpaired) electrons. The molecule has 19 heavy (non-hydrogen) atoms. The molecule has 0 saturated heterocycles. The lowest BCUT2D eigenvalue weighted by Crippen LogP contribution is -2.51. The molecule has 1 fully saturated rings. The quantitative estimate of drug-likeness (QED) is 0.831. The minimum Gasteiger partial charge on any atom is -0.481 e. The lowest BCUT2D eigenvalue weighted by atomic mass is 9.47. The van der Waals surface area contributed by atoms with Crippen molar-refractivity contribution in [2.75, 3.05) is 0 Å². The molecule has 0 aromatic heterocycles. The monoisotopic (exact) mass is 264 g/mol. The van der Waals surface area contributed by atoms with Gasteiger partial charge in [0.05, 0.1) is 6.42 Å². The van der Waals surface area contributed by atoms with Crippen LogP contribution in [0.5, 0.6) is 0 Å². The fourth-order valence-electron chi connectivity index (χ4n) is 4.31. The second kappa shape index (κ2) is 4.46. The molecule has 0 aliphatic heterocycles. The Balaban J connectivity index is 2.46. The van der Waals surface area contributed by atoms with Gasteiger partial charge in [0.2, 0.25) is 0 Å². The molecule has 4 atom stereocenters. The van der Waals surface area contributed by atoms with Gasteiger partial charge in [-0.05, 0) is 48.5 Å². The summed E-state index contributed by atoms with van der Waals surface area (Å²) in [5.74, 6) is -0.0957. The molecule has 0 amide bonds. The van der Waals surface area contributed by atoms with Gasteiger partial charge in [0.25, 0.3) is 0 Å². The Kier molecular flexibility index (Phi) is 3.36. The molecular weight excluding hydrogens is 240 g/mol. The Hall–Kier alpha value is -1.12. The number of hydrogen-bond acceptors (Lipinski definition) is 2. The van der Waals surface area contributed by atoms with Crippen molar-refractivity contribution in [1.29, 1.82) is 0 Å². The highest BCUT2D eigenvalue weighted by Crippen LogP contribution is 2.60. The summed E-state index contributed by atoms with van der Waals surface area (Å²) in [4.78, 5) is 23.2. The number of carboxylic acids is 1. The van der Waals surface area contributed by atoms with Crippen molar-refractivity contribution < 1.29 is 14.7 Å². The first-order chi connectivity index (χ1) is 8.70. The van der Waals surface area contributed by atoms with E-state index in [9.17, 15) is 14.7 Å². The Bertz CT molecular complexity index is 451. The molecular formula is C16H24O3. The van der Waals surface area contributed by atoms with Gasteiger partial charge in [-0.15, -0.1) is 0 Å². The highest BCUT2D eigenvalue weighted by Gasteiger charge is 2.55. The molecule has 0 bridgehead atoms. The number of carbonyl (C=O) groups is 2.